The van der Waals surface area contributed by atoms with Gasteiger partial charge in [0.2, 0.25) is 0 Å². The summed E-state index contributed by atoms with van der Waals surface area (Å²) < 4.78 is 11.7. The number of hydrogen-bond acceptors (Lipinski definition) is 9. The number of likely N-dealkylation sites (N-methyl/N-ethyl adjacent to an activating group) is 1. The van der Waals surface area contributed by atoms with E-state index in [0.29, 0.717) is 49.3 Å². The van der Waals surface area contributed by atoms with Gasteiger partial charge in [-0.15, -0.1) is 0 Å². The van der Waals surface area contributed by atoms with Gasteiger partial charge in [0.05, 0.1) is 42.0 Å². The van der Waals surface area contributed by atoms with Crippen LogP contribution in [0.1, 0.15) is 22.8 Å². The molecule has 3 rings (SSSR count). The van der Waals surface area contributed by atoms with Gasteiger partial charge in [-0.1, -0.05) is 42.2 Å². The van der Waals surface area contributed by atoms with Crippen LogP contribution in [0, 0.1) is 6.92 Å². The van der Waals surface area contributed by atoms with E-state index in [2.05, 4.69) is 15.6 Å². The van der Waals surface area contributed by atoms with Crippen molar-refractivity contribution in [1.29, 1.82) is 0 Å². The fourth-order valence-electron chi connectivity index (χ4n) is 3.23. The molecule has 0 unspecified atom stereocenters. The SMILES string of the molecule is CCNC/C=C/C=C(\N)C(=O)Nc1ncc(Sc2cc(C(=O)N3CCOCC3)c(OC)cc2C)s1. The number of anilines is 1. The van der Waals surface area contributed by atoms with Gasteiger partial charge in [-0.05, 0) is 37.2 Å². The fourth-order valence-corrected chi connectivity index (χ4v) is 5.17. The number of carbonyl (C=O) groups excluding carboxylic acids is 2. The number of morpholine rings is 1. The second kappa shape index (κ2) is 13.3. The Morgan fingerprint density at radius 2 is 2.11 bits per heavy atom. The molecule has 1 aromatic heterocycles. The standard InChI is InChI=1S/C24H31N5O4S2/c1-4-26-8-6-5-7-18(25)22(30)28-24-27-15-21(35-24)34-20-14-17(19(32-3)13-16(20)2)23(31)29-9-11-33-12-10-29/h5-7,13-15,26H,4,8-12,25H2,1-3H3,(H,27,28,30)/b6-5+,18-7-. The second-order valence-corrected chi connectivity index (χ2v) is 9.99. The predicted octanol–water partition coefficient (Wildman–Crippen LogP) is 3.03. The molecule has 188 valence electrons. The zero-order valence-corrected chi connectivity index (χ0v) is 21.8. The van der Waals surface area contributed by atoms with E-state index in [0.717, 1.165) is 21.2 Å². The van der Waals surface area contributed by atoms with E-state index in [-0.39, 0.29) is 11.6 Å². The van der Waals surface area contributed by atoms with Crippen LogP contribution in [0.25, 0.3) is 0 Å². The molecule has 2 aromatic rings. The molecule has 11 heteroatoms. The van der Waals surface area contributed by atoms with Crippen LogP contribution in [0.3, 0.4) is 0 Å². The van der Waals surface area contributed by atoms with Crippen LogP contribution in [0.4, 0.5) is 5.13 Å². The third-order valence-corrected chi connectivity index (χ3v) is 7.30. The number of thiazole rings is 1. The number of nitrogens with zero attached hydrogens (tertiary/aromatic N) is 2. The van der Waals surface area contributed by atoms with Crippen molar-refractivity contribution in [2.24, 2.45) is 5.73 Å². The lowest BCUT2D eigenvalue weighted by Crippen LogP contribution is -2.40. The molecule has 1 aliphatic heterocycles. The zero-order chi connectivity index (χ0) is 25.2. The summed E-state index contributed by atoms with van der Waals surface area (Å²) in [5, 5.41) is 6.32. The normalized spacial score (nSPS) is 14.4. The monoisotopic (exact) mass is 517 g/mol. The van der Waals surface area contributed by atoms with E-state index in [1.165, 1.54) is 23.1 Å². The van der Waals surface area contributed by atoms with E-state index in [4.69, 9.17) is 15.2 Å². The smallest absolute Gasteiger partial charge is 0.273 e. The third kappa shape index (κ3) is 7.56. The van der Waals surface area contributed by atoms with Gasteiger partial charge in [0.15, 0.2) is 5.13 Å². The highest BCUT2D eigenvalue weighted by molar-refractivity contribution is 8.01. The molecule has 1 aromatic carbocycles. The van der Waals surface area contributed by atoms with Gasteiger partial charge in [-0.3, -0.25) is 14.9 Å². The van der Waals surface area contributed by atoms with Gasteiger partial charge in [-0.2, -0.15) is 0 Å². The van der Waals surface area contributed by atoms with E-state index in [1.807, 2.05) is 32.1 Å². The topological polar surface area (TPSA) is 119 Å². The number of rotatable bonds is 10. The quantitative estimate of drug-likeness (QED) is 0.250. The molecule has 0 bridgehead atoms. The summed E-state index contributed by atoms with van der Waals surface area (Å²) in [5.74, 6) is 0.0523. The molecule has 35 heavy (non-hydrogen) atoms. The number of allylic oxidation sites excluding steroid dienone is 2. The minimum Gasteiger partial charge on any atom is -0.496 e. The summed E-state index contributed by atoms with van der Waals surface area (Å²) in [6.07, 6.45) is 6.87. The second-order valence-electron chi connectivity index (χ2n) is 7.62. The number of aryl methyl sites for hydroxylation is 1. The Hall–Kier alpha value is -2.86. The number of carbonyl (C=O) groups is 2. The summed E-state index contributed by atoms with van der Waals surface area (Å²) in [6, 6.07) is 3.73. The number of ether oxygens (including phenoxy) is 2. The molecule has 9 nitrogen and oxygen atoms in total. The van der Waals surface area contributed by atoms with E-state index < -0.39 is 5.91 Å². The molecule has 0 spiro atoms. The molecule has 0 saturated carbocycles. The minimum atomic E-state index is -0.414. The molecule has 4 N–H and O–H groups in total. The summed E-state index contributed by atoms with van der Waals surface area (Å²) >= 11 is 2.81. The van der Waals surface area contributed by atoms with Crippen molar-refractivity contribution in [3.05, 3.63) is 53.4 Å². The number of aromatic nitrogens is 1. The average Bonchev–Trinajstić information content (AvgIpc) is 3.31. The van der Waals surface area contributed by atoms with Crippen LogP contribution in [-0.2, 0) is 9.53 Å². The number of nitrogens with two attached hydrogens (primary N) is 1. The first-order valence-corrected chi connectivity index (χ1v) is 12.9. The molecular weight excluding hydrogens is 486 g/mol. The van der Waals surface area contributed by atoms with Crippen molar-refractivity contribution >= 4 is 40.0 Å². The Kier molecular flexibility index (Phi) is 10.2. The van der Waals surface area contributed by atoms with Gasteiger partial charge >= 0.3 is 0 Å². The Morgan fingerprint density at radius 3 is 2.83 bits per heavy atom. The van der Waals surface area contributed by atoms with Gasteiger partial charge in [0, 0.05) is 24.5 Å². The van der Waals surface area contributed by atoms with Crippen molar-refractivity contribution in [1.82, 2.24) is 15.2 Å². The van der Waals surface area contributed by atoms with E-state index in [1.54, 1.807) is 30.4 Å². The van der Waals surface area contributed by atoms with Crippen LogP contribution in [0.2, 0.25) is 0 Å². The highest BCUT2D eigenvalue weighted by atomic mass is 32.2. The van der Waals surface area contributed by atoms with Crippen LogP contribution in [-0.4, -0.2) is 68.2 Å². The maximum Gasteiger partial charge on any atom is 0.273 e. The molecule has 1 fully saturated rings. The number of benzene rings is 1. The lowest BCUT2D eigenvalue weighted by molar-refractivity contribution is -0.112. The molecule has 2 amide bonds. The zero-order valence-electron chi connectivity index (χ0n) is 20.1. The number of nitrogens with one attached hydrogen (secondary N) is 2. The molecular formula is C24H31N5O4S2. The summed E-state index contributed by atoms with van der Waals surface area (Å²) in [6.45, 7) is 7.73. The van der Waals surface area contributed by atoms with Crippen LogP contribution in [0.15, 0.2) is 51.4 Å². The fraction of sp³-hybridized carbons (Fsp3) is 0.375. The Bertz CT molecular complexity index is 1090. The van der Waals surface area contributed by atoms with E-state index >= 15 is 0 Å². The number of methoxy groups -OCH3 is 1. The van der Waals surface area contributed by atoms with Crippen molar-refractivity contribution < 1.29 is 19.1 Å². The first-order valence-electron chi connectivity index (χ1n) is 11.3. The summed E-state index contributed by atoms with van der Waals surface area (Å²) in [4.78, 5) is 32.4. The van der Waals surface area contributed by atoms with Crippen LogP contribution >= 0.6 is 23.1 Å². The van der Waals surface area contributed by atoms with Gasteiger partial charge in [0.25, 0.3) is 11.8 Å². The lowest BCUT2D eigenvalue weighted by Gasteiger charge is -2.27. The molecule has 1 saturated heterocycles. The van der Waals surface area contributed by atoms with Gasteiger partial charge < -0.3 is 25.4 Å². The highest BCUT2D eigenvalue weighted by Crippen LogP contribution is 2.38. The molecule has 0 aliphatic carbocycles. The highest BCUT2D eigenvalue weighted by Gasteiger charge is 2.23. The maximum atomic E-state index is 13.1. The van der Waals surface area contributed by atoms with Crippen molar-refractivity contribution in [3.8, 4) is 5.75 Å². The minimum absolute atomic E-state index is 0.0777. The maximum absolute atomic E-state index is 13.1. The lowest BCUT2D eigenvalue weighted by atomic mass is 10.1. The largest absolute Gasteiger partial charge is 0.496 e. The molecule has 1 aliphatic rings. The summed E-state index contributed by atoms with van der Waals surface area (Å²) in [5.41, 5.74) is 7.44. The molecule has 0 atom stereocenters. The van der Waals surface area contributed by atoms with Crippen LogP contribution in [0.5, 0.6) is 5.75 Å². The first-order chi connectivity index (χ1) is 16.9. The molecule has 0 radical (unpaired) electrons. The Morgan fingerprint density at radius 1 is 1.34 bits per heavy atom. The van der Waals surface area contributed by atoms with Crippen molar-refractivity contribution in [2.75, 3.05) is 51.8 Å². The van der Waals surface area contributed by atoms with Crippen molar-refractivity contribution in [2.45, 2.75) is 23.0 Å². The Labute approximate surface area is 213 Å². The molecule has 2 heterocycles. The number of amides is 2. The third-order valence-electron chi connectivity index (χ3n) is 5.13. The van der Waals surface area contributed by atoms with Gasteiger partial charge in [0.1, 0.15) is 5.75 Å². The Balaban J connectivity index is 1.69. The number of hydrogen-bond donors (Lipinski definition) is 3. The predicted molar refractivity (Wildman–Crippen MR) is 139 cm³/mol. The summed E-state index contributed by atoms with van der Waals surface area (Å²) in [7, 11) is 1.56. The van der Waals surface area contributed by atoms with Gasteiger partial charge in [-0.25, -0.2) is 4.98 Å². The van der Waals surface area contributed by atoms with Crippen molar-refractivity contribution in [3.63, 3.8) is 0 Å². The van der Waals surface area contributed by atoms with Crippen LogP contribution < -0.4 is 21.1 Å². The average molecular weight is 518 g/mol. The van der Waals surface area contributed by atoms with E-state index in [9.17, 15) is 9.59 Å². The first kappa shape index (κ1) is 26.7.